The third-order valence-corrected chi connectivity index (χ3v) is 2.69. The van der Waals surface area contributed by atoms with E-state index in [2.05, 4.69) is 15.6 Å². The van der Waals surface area contributed by atoms with E-state index >= 15 is 0 Å². The number of nitrogens with zero attached hydrogens (tertiary/aromatic N) is 1. The summed E-state index contributed by atoms with van der Waals surface area (Å²) in [4.78, 5) is 25.4. The fourth-order valence-electron chi connectivity index (χ4n) is 0.999. The quantitative estimate of drug-likeness (QED) is 0.546. The molecule has 1 heterocycles. The molecule has 0 aliphatic heterocycles. The van der Waals surface area contributed by atoms with E-state index in [4.69, 9.17) is 10.2 Å². The van der Waals surface area contributed by atoms with Gasteiger partial charge in [0.05, 0.1) is 11.6 Å². The van der Waals surface area contributed by atoms with Gasteiger partial charge in [0.15, 0.2) is 6.10 Å². The minimum atomic E-state index is -1.58. The maximum atomic E-state index is 11.2. The molecule has 94 valence electrons. The maximum absolute atomic E-state index is 11.2. The molecule has 0 fully saturated rings. The summed E-state index contributed by atoms with van der Waals surface area (Å²) in [5.74, 6) is -1.37. The lowest BCUT2D eigenvalue weighted by Gasteiger charge is -2.08. The van der Waals surface area contributed by atoms with Gasteiger partial charge < -0.3 is 20.8 Å². The highest BCUT2D eigenvalue weighted by molar-refractivity contribution is 7.09. The van der Waals surface area contributed by atoms with E-state index < -0.39 is 18.1 Å². The predicted octanol–water partition coefficient (Wildman–Crippen LogP) is -0.570. The molecular weight excluding hydrogens is 246 g/mol. The van der Waals surface area contributed by atoms with E-state index in [1.165, 1.54) is 11.3 Å². The topological polar surface area (TPSA) is 112 Å². The summed E-state index contributed by atoms with van der Waals surface area (Å²) >= 11 is 1.50. The van der Waals surface area contributed by atoms with Crippen molar-refractivity contribution >= 4 is 23.3 Å². The number of hydrogen-bond acceptors (Lipinski definition) is 5. The summed E-state index contributed by atoms with van der Waals surface area (Å²) in [5, 5.41) is 24.8. The van der Waals surface area contributed by atoms with Crippen LogP contribution in [-0.2, 0) is 11.2 Å². The number of aliphatic carboxylic acids is 1. The number of carbonyl (C=O) groups is 2. The molecule has 1 rings (SSSR count). The highest BCUT2D eigenvalue weighted by Gasteiger charge is 2.13. The van der Waals surface area contributed by atoms with Crippen LogP contribution in [-0.4, -0.2) is 46.4 Å². The van der Waals surface area contributed by atoms with Crippen molar-refractivity contribution in [2.24, 2.45) is 0 Å². The Labute approximate surface area is 101 Å². The van der Waals surface area contributed by atoms with Crippen LogP contribution < -0.4 is 10.6 Å². The molecule has 0 spiro atoms. The number of nitrogens with one attached hydrogen (secondary N) is 2. The zero-order valence-corrected chi connectivity index (χ0v) is 9.74. The summed E-state index contributed by atoms with van der Waals surface area (Å²) in [5.41, 5.74) is 0. The van der Waals surface area contributed by atoms with Gasteiger partial charge in [-0.2, -0.15) is 0 Å². The van der Waals surface area contributed by atoms with Crippen LogP contribution in [0.15, 0.2) is 11.6 Å². The molecule has 0 bridgehead atoms. The summed E-state index contributed by atoms with van der Waals surface area (Å²) in [6, 6.07) is -0.512. The van der Waals surface area contributed by atoms with Crippen LogP contribution in [0, 0.1) is 0 Å². The van der Waals surface area contributed by atoms with Crippen LogP contribution in [0.1, 0.15) is 5.01 Å². The van der Waals surface area contributed by atoms with Gasteiger partial charge >= 0.3 is 12.0 Å². The van der Waals surface area contributed by atoms with Crippen LogP contribution >= 0.6 is 11.3 Å². The summed E-state index contributed by atoms with van der Waals surface area (Å²) < 4.78 is 0. The maximum Gasteiger partial charge on any atom is 0.334 e. The Balaban J connectivity index is 2.11. The SMILES string of the molecule is O=C(NCCc1nccs1)NC[C@H](O)C(=O)O. The van der Waals surface area contributed by atoms with Crippen molar-refractivity contribution in [1.82, 2.24) is 15.6 Å². The Hall–Kier alpha value is -1.67. The number of urea groups is 1. The molecule has 0 saturated heterocycles. The molecule has 0 saturated carbocycles. The lowest BCUT2D eigenvalue weighted by molar-refractivity contribution is -0.146. The van der Waals surface area contributed by atoms with E-state index in [0.29, 0.717) is 13.0 Å². The van der Waals surface area contributed by atoms with Crippen molar-refractivity contribution in [2.45, 2.75) is 12.5 Å². The second-order valence-corrected chi connectivity index (χ2v) is 4.15. The summed E-state index contributed by atoms with van der Waals surface area (Å²) in [6.45, 7) is 0.0843. The molecule has 0 unspecified atom stereocenters. The van der Waals surface area contributed by atoms with Crippen molar-refractivity contribution in [3.63, 3.8) is 0 Å². The Kier molecular flexibility index (Phi) is 5.37. The van der Waals surface area contributed by atoms with Crippen molar-refractivity contribution in [2.75, 3.05) is 13.1 Å². The van der Waals surface area contributed by atoms with Gasteiger partial charge in [0.1, 0.15) is 0 Å². The van der Waals surface area contributed by atoms with Crippen molar-refractivity contribution in [3.8, 4) is 0 Å². The van der Waals surface area contributed by atoms with E-state index in [1.54, 1.807) is 6.20 Å². The van der Waals surface area contributed by atoms with Crippen molar-refractivity contribution in [3.05, 3.63) is 16.6 Å². The van der Waals surface area contributed by atoms with Gasteiger partial charge in [-0.1, -0.05) is 0 Å². The lowest BCUT2D eigenvalue weighted by atomic mass is 10.3. The lowest BCUT2D eigenvalue weighted by Crippen LogP contribution is -2.42. The molecule has 1 aromatic rings. The Morgan fingerprint density at radius 1 is 1.47 bits per heavy atom. The number of amides is 2. The number of thiazole rings is 1. The highest BCUT2D eigenvalue weighted by Crippen LogP contribution is 2.03. The molecule has 8 heteroatoms. The van der Waals surface area contributed by atoms with E-state index in [-0.39, 0.29) is 6.54 Å². The number of aromatic nitrogens is 1. The first-order valence-corrected chi connectivity index (χ1v) is 5.78. The van der Waals surface area contributed by atoms with Gasteiger partial charge in [0.2, 0.25) is 0 Å². The van der Waals surface area contributed by atoms with Crippen LogP contribution in [0.3, 0.4) is 0 Å². The molecule has 1 aromatic heterocycles. The van der Waals surface area contributed by atoms with Crippen LogP contribution in [0.5, 0.6) is 0 Å². The average molecular weight is 259 g/mol. The molecule has 17 heavy (non-hydrogen) atoms. The van der Waals surface area contributed by atoms with Crippen LogP contribution in [0.4, 0.5) is 4.79 Å². The van der Waals surface area contributed by atoms with Gasteiger partial charge in [0.25, 0.3) is 0 Å². The van der Waals surface area contributed by atoms with Gasteiger partial charge in [-0.15, -0.1) is 11.3 Å². The van der Waals surface area contributed by atoms with E-state index in [0.717, 1.165) is 5.01 Å². The molecular formula is C9H13N3O4S. The number of carbonyl (C=O) groups excluding carboxylic acids is 1. The standard InChI is InChI=1S/C9H13N3O4S/c13-6(8(14)15)5-12-9(16)11-2-1-7-10-3-4-17-7/h3-4,6,13H,1-2,5H2,(H,14,15)(H2,11,12,16)/t6-/m0/s1. The molecule has 2 amide bonds. The average Bonchev–Trinajstić information content (AvgIpc) is 2.78. The molecule has 0 aliphatic carbocycles. The first-order valence-electron chi connectivity index (χ1n) is 4.90. The normalized spacial score (nSPS) is 11.8. The fraction of sp³-hybridized carbons (Fsp3) is 0.444. The molecule has 4 N–H and O–H groups in total. The summed E-state index contributed by atoms with van der Waals surface area (Å²) in [7, 11) is 0. The van der Waals surface area contributed by atoms with Crippen LogP contribution in [0.2, 0.25) is 0 Å². The fourth-order valence-corrected chi connectivity index (χ4v) is 1.62. The molecule has 0 radical (unpaired) electrons. The molecule has 0 aromatic carbocycles. The number of aliphatic hydroxyl groups is 1. The minimum absolute atomic E-state index is 0.321. The first kappa shape index (κ1) is 13.4. The van der Waals surface area contributed by atoms with Gasteiger partial charge in [-0.3, -0.25) is 0 Å². The van der Waals surface area contributed by atoms with Crippen molar-refractivity contribution in [1.29, 1.82) is 0 Å². The highest BCUT2D eigenvalue weighted by atomic mass is 32.1. The third-order valence-electron chi connectivity index (χ3n) is 1.85. The second kappa shape index (κ2) is 6.81. The predicted molar refractivity (Wildman–Crippen MR) is 60.9 cm³/mol. The Bertz CT molecular complexity index is 368. The second-order valence-electron chi connectivity index (χ2n) is 3.17. The summed E-state index contributed by atoms with van der Waals surface area (Å²) in [6.07, 6.45) is 0.718. The van der Waals surface area contributed by atoms with Gasteiger partial charge in [0, 0.05) is 24.5 Å². The number of rotatable bonds is 6. The van der Waals surface area contributed by atoms with Crippen LogP contribution in [0.25, 0.3) is 0 Å². The van der Waals surface area contributed by atoms with E-state index in [1.807, 2.05) is 5.38 Å². The minimum Gasteiger partial charge on any atom is -0.479 e. The Morgan fingerprint density at radius 3 is 2.82 bits per heavy atom. The Morgan fingerprint density at radius 2 is 2.24 bits per heavy atom. The first-order chi connectivity index (χ1) is 8.09. The number of carboxylic acid groups (broad SMARTS) is 1. The van der Waals surface area contributed by atoms with Gasteiger partial charge in [-0.25, -0.2) is 14.6 Å². The number of aliphatic hydroxyl groups excluding tert-OH is 1. The van der Waals surface area contributed by atoms with E-state index in [9.17, 15) is 9.59 Å². The zero-order chi connectivity index (χ0) is 12.7. The smallest absolute Gasteiger partial charge is 0.334 e. The van der Waals surface area contributed by atoms with Gasteiger partial charge in [-0.05, 0) is 0 Å². The van der Waals surface area contributed by atoms with Crippen molar-refractivity contribution < 1.29 is 19.8 Å². The number of carboxylic acids is 1. The third kappa shape index (κ3) is 5.27. The molecule has 0 aliphatic rings. The zero-order valence-electron chi connectivity index (χ0n) is 8.92. The number of hydrogen-bond donors (Lipinski definition) is 4. The monoisotopic (exact) mass is 259 g/mol. The molecule has 7 nitrogen and oxygen atoms in total. The largest absolute Gasteiger partial charge is 0.479 e. The molecule has 1 atom stereocenters.